The zero-order valence-corrected chi connectivity index (χ0v) is 11.9. The Kier molecular flexibility index (Phi) is 3.55. The SMILES string of the molecule is CC1=NN=CC1(C(N)=S)c1nn(C)c(OC(F)F)c1C. The lowest BCUT2D eigenvalue weighted by Crippen LogP contribution is -2.46. The molecule has 0 saturated heterocycles. The van der Waals surface area contributed by atoms with E-state index in [1.54, 1.807) is 13.8 Å². The van der Waals surface area contributed by atoms with Crippen LogP contribution in [0, 0.1) is 6.92 Å². The summed E-state index contributed by atoms with van der Waals surface area (Å²) in [5.41, 5.74) is 6.10. The Hall–Kier alpha value is -1.90. The van der Waals surface area contributed by atoms with Gasteiger partial charge in [-0.2, -0.15) is 24.1 Å². The first-order valence-corrected chi connectivity index (χ1v) is 6.09. The zero-order chi connectivity index (χ0) is 15.1. The van der Waals surface area contributed by atoms with Gasteiger partial charge >= 0.3 is 6.61 Å². The van der Waals surface area contributed by atoms with E-state index >= 15 is 0 Å². The topological polar surface area (TPSA) is 77.8 Å². The number of rotatable bonds is 4. The summed E-state index contributed by atoms with van der Waals surface area (Å²) in [5, 5.41) is 11.9. The van der Waals surface area contributed by atoms with Crippen molar-refractivity contribution >= 4 is 29.1 Å². The Morgan fingerprint density at radius 2 is 2.15 bits per heavy atom. The van der Waals surface area contributed by atoms with Gasteiger partial charge in [0.05, 0.1) is 22.6 Å². The molecule has 20 heavy (non-hydrogen) atoms. The van der Waals surface area contributed by atoms with Gasteiger partial charge in [-0.15, -0.1) is 0 Å². The summed E-state index contributed by atoms with van der Waals surface area (Å²) in [6, 6.07) is 0. The average Bonchev–Trinajstić information content (AvgIpc) is 2.85. The van der Waals surface area contributed by atoms with E-state index in [1.165, 1.54) is 17.9 Å². The average molecular weight is 301 g/mol. The molecular formula is C11H13F2N5OS. The molecule has 1 aliphatic heterocycles. The van der Waals surface area contributed by atoms with Gasteiger partial charge in [0.1, 0.15) is 5.41 Å². The molecule has 1 aliphatic rings. The van der Waals surface area contributed by atoms with Gasteiger partial charge in [-0.1, -0.05) is 12.2 Å². The predicted molar refractivity (Wildman–Crippen MR) is 74.6 cm³/mol. The van der Waals surface area contributed by atoms with Gasteiger partial charge in [-0.25, -0.2) is 4.68 Å². The van der Waals surface area contributed by atoms with Crippen LogP contribution in [0.1, 0.15) is 18.2 Å². The number of aryl methyl sites for hydroxylation is 1. The van der Waals surface area contributed by atoms with E-state index in [9.17, 15) is 8.78 Å². The van der Waals surface area contributed by atoms with Crippen LogP contribution in [-0.4, -0.2) is 33.3 Å². The number of nitrogens with two attached hydrogens (primary N) is 1. The predicted octanol–water partition coefficient (Wildman–Crippen LogP) is 1.31. The van der Waals surface area contributed by atoms with Crippen molar-refractivity contribution in [2.75, 3.05) is 0 Å². The minimum absolute atomic E-state index is 0.0428. The fourth-order valence-corrected chi connectivity index (χ4v) is 2.50. The van der Waals surface area contributed by atoms with Crippen LogP contribution in [0.4, 0.5) is 8.78 Å². The molecule has 2 N–H and O–H groups in total. The van der Waals surface area contributed by atoms with Crippen molar-refractivity contribution in [3.05, 3.63) is 11.3 Å². The van der Waals surface area contributed by atoms with Crippen molar-refractivity contribution in [1.82, 2.24) is 9.78 Å². The quantitative estimate of drug-likeness (QED) is 0.851. The van der Waals surface area contributed by atoms with E-state index in [-0.39, 0.29) is 10.9 Å². The van der Waals surface area contributed by atoms with E-state index in [1.807, 2.05) is 0 Å². The van der Waals surface area contributed by atoms with Crippen LogP contribution >= 0.6 is 12.2 Å². The maximum Gasteiger partial charge on any atom is 0.388 e. The summed E-state index contributed by atoms with van der Waals surface area (Å²) in [6.07, 6.45) is 1.46. The molecule has 2 rings (SSSR count). The van der Waals surface area contributed by atoms with Crippen LogP contribution in [0.25, 0.3) is 0 Å². The minimum atomic E-state index is -2.94. The third-order valence-corrected chi connectivity index (χ3v) is 3.53. The maximum atomic E-state index is 12.4. The Morgan fingerprint density at radius 1 is 1.50 bits per heavy atom. The summed E-state index contributed by atoms with van der Waals surface area (Å²) < 4.78 is 30.6. The maximum absolute atomic E-state index is 12.4. The molecule has 0 amide bonds. The third kappa shape index (κ3) is 1.98. The summed E-state index contributed by atoms with van der Waals surface area (Å²) in [6.45, 7) is 0.373. The Bertz CT molecular complexity index is 625. The number of hydrogen-bond donors (Lipinski definition) is 1. The number of nitrogens with zero attached hydrogens (tertiary/aromatic N) is 4. The monoisotopic (exact) mass is 301 g/mol. The first-order chi connectivity index (χ1) is 9.30. The minimum Gasteiger partial charge on any atom is -0.417 e. The lowest BCUT2D eigenvalue weighted by molar-refractivity contribution is -0.0557. The first kappa shape index (κ1) is 14.5. The molecule has 9 heteroatoms. The number of thiocarbonyl (C=S) groups is 1. The molecule has 0 radical (unpaired) electrons. The van der Waals surface area contributed by atoms with Crippen LogP contribution < -0.4 is 10.5 Å². The highest BCUT2D eigenvalue weighted by molar-refractivity contribution is 7.80. The molecule has 0 saturated carbocycles. The molecule has 1 unspecified atom stereocenters. The van der Waals surface area contributed by atoms with Crippen LogP contribution in [0.15, 0.2) is 10.2 Å². The lowest BCUT2D eigenvalue weighted by Gasteiger charge is -2.23. The van der Waals surface area contributed by atoms with Gasteiger partial charge in [-0.3, -0.25) is 0 Å². The van der Waals surface area contributed by atoms with Gasteiger partial charge in [-0.05, 0) is 13.8 Å². The van der Waals surface area contributed by atoms with E-state index in [0.717, 1.165) is 0 Å². The van der Waals surface area contributed by atoms with Crippen LogP contribution in [-0.2, 0) is 12.5 Å². The standard InChI is InChI=1S/C11H13F2N5OS/c1-5-7(17-18(3)8(5)19-10(12)13)11(9(14)20)4-15-16-6(11)2/h4,10H,1-3H3,(H2,14,20). The Balaban J connectivity index is 2.61. The Labute approximate surface area is 119 Å². The number of halogens is 2. The molecular weight excluding hydrogens is 288 g/mol. The van der Waals surface area contributed by atoms with Gasteiger partial charge in [0.2, 0.25) is 5.88 Å². The normalized spacial score (nSPS) is 21.4. The number of ether oxygens (including phenoxy) is 1. The highest BCUT2D eigenvalue weighted by Crippen LogP contribution is 2.34. The second-order valence-corrected chi connectivity index (χ2v) is 4.82. The molecule has 0 aromatic carbocycles. The molecule has 0 fully saturated rings. The number of alkyl halides is 2. The molecule has 0 bridgehead atoms. The zero-order valence-electron chi connectivity index (χ0n) is 11.1. The summed E-state index contributed by atoms with van der Waals surface area (Å²) in [7, 11) is 1.50. The Morgan fingerprint density at radius 3 is 2.60 bits per heavy atom. The second-order valence-electron chi connectivity index (χ2n) is 4.38. The van der Waals surface area contributed by atoms with Crippen LogP contribution in [0.3, 0.4) is 0 Å². The van der Waals surface area contributed by atoms with E-state index < -0.39 is 12.0 Å². The molecule has 1 aromatic rings. The lowest BCUT2D eigenvalue weighted by atomic mass is 9.80. The van der Waals surface area contributed by atoms with Crippen LogP contribution in [0.2, 0.25) is 0 Å². The first-order valence-electron chi connectivity index (χ1n) is 5.68. The molecule has 108 valence electrons. The highest BCUT2D eigenvalue weighted by Gasteiger charge is 2.45. The molecule has 2 heterocycles. The number of hydrogen-bond acceptors (Lipinski definition) is 5. The highest BCUT2D eigenvalue weighted by atomic mass is 32.1. The van der Waals surface area contributed by atoms with Gasteiger partial charge in [0.25, 0.3) is 0 Å². The molecule has 0 aliphatic carbocycles. The van der Waals surface area contributed by atoms with E-state index in [4.69, 9.17) is 18.0 Å². The molecule has 6 nitrogen and oxygen atoms in total. The summed E-state index contributed by atoms with van der Waals surface area (Å²) >= 11 is 5.09. The van der Waals surface area contributed by atoms with Gasteiger partial charge in [0.15, 0.2) is 0 Å². The van der Waals surface area contributed by atoms with Gasteiger partial charge in [0, 0.05) is 12.6 Å². The van der Waals surface area contributed by atoms with E-state index in [2.05, 4.69) is 20.0 Å². The van der Waals surface area contributed by atoms with E-state index in [0.29, 0.717) is 17.0 Å². The van der Waals surface area contributed by atoms with Gasteiger partial charge < -0.3 is 10.5 Å². The molecule has 1 aromatic heterocycles. The summed E-state index contributed by atoms with van der Waals surface area (Å²) in [5.74, 6) is -0.0428. The van der Waals surface area contributed by atoms with Crippen molar-refractivity contribution in [3.63, 3.8) is 0 Å². The largest absolute Gasteiger partial charge is 0.417 e. The van der Waals surface area contributed by atoms with Crippen molar-refractivity contribution in [3.8, 4) is 5.88 Å². The number of aromatic nitrogens is 2. The summed E-state index contributed by atoms with van der Waals surface area (Å²) in [4.78, 5) is 0.102. The van der Waals surface area contributed by atoms with Crippen molar-refractivity contribution in [2.24, 2.45) is 23.0 Å². The van der Waals surface area contributed by atoms with Crippen molar-refractivity contribution < 1.29 is 13.5 Å². The third-order valence-electron chi connectivity index (χ3n) is 3.21. The fraction of sp³-hybridized carbons (Fsp3) is 0.455. The van der Waals surface area contributed by atoms with Crippen molar-refractivity contribution in [1.29, 1.82) is 0 Å². The smallest absolute Gasteiger partial charge is 0.388 e. The fourth-order valence-electron chi connectivity index (χ4n) is 2.20. The molecule has 0 spiro atoms. The van der Waals surface area contributed by atoms with Crippen LogP contribution in [0.5, 0.6) is 5.88 Å². The molecule has 1 atom stereocenters. The second kappa shape index (κ2) is 4.89. The van der Waals surface area contributed by atoms with Crippen molar-refractivity contribution in [2.45, 2.75) is 25.9 Å².